The van der Waals surface area contributed by atoms with Crippen LogP contribution in [0.25, 0.3) is 0 Å². The number of aryl methyl sites for hydroxylation is 2. The van der Waals surface area contributed by atoms with Gasteiger partial charge in [-0.05, 0) is 28.7 Å². The third kappa shape index (κ3) is 5.80. The Balaban J connectivity index is 2.45. The summed E-state index contributed by atoms with van der Waals surface area (Å²) >= 11 is 0. The van der Waals surface area contributed by atoms with Gasteiger partial charge >= 0.3 is 5.82 Å². The van der Waals surface area contributed by atoms with Gasteiger partial charge < -0.3 is 25.1 Å². The smallest absolute Gasteiger partial charge is 0.381 e. The van der Waals surface area contributed by atoms with Gasteiger partial charge in [0.1, 0.15) is 6.20 Å². The number of nitro groups is 1. The molecule has 0 aliphatic carbocycles. The van der Waals surface area contributed by atoms with Crippen molar-refractivity contribution >= 4 is 11.7 Å². The number of hydrogen-bond donors (Lipinski definition) is 2. The second kappa shape index (κ2) is 7.35. The number of aliphatic hydroxyl groups excluding tert-OH is 1. The van der Waals surface area contributed by atoms with Crippen molar-refractivity contribution in [2.45, 2.75) is 53.2 Å². The number of aromatic nitrogens is 2. The lowest BCUT2D eigenvalue weighted by Crippen LogP contribution is -2.36. The number of hydrogen-bond acceptors (Lipinski definition) is 5. The molecule has 8 heteroatoms. The quantitative estimate of drug-likeness (QED) is 0.557. The number of imidazole rings is 1. The lowest BCUT2D eigenvalue weighted by atomic mass is 9.87. The Morgan fingerprint density at radius 3 is 2.73 bits per heavy atom. The van der Waals surface area contributed by atoms with Crippen molar-refractivity contribution in [3.05, 3.63) is 22.1 Å². The predicted octanol–water partition coefficient (Wildman–Crippen LogP) is 1.40. The largest absolute Gasteiger partial charge is 0.393 e. The van der Waals surface area contributed by atoms with Gasteiger partial charge in [0.15, 0.2) is 0 Å². The molecule has 1 aromatic heterocycles. The molecule has 0 fully saturated rings. The molecule has 0 aliphatic rings. The third-order valence-electron chi connectivity index (χ3n) is 3.34. The molecule has 0 bridgehead atoms. The molecular weight excluding hydrogens is 288 g/mol. The van der Waals surface area contributed by atoms with E-state index in [2.05, 4.69) is 10.3 Å². The topological polar surface area (TPSA) is 110 Å². The highest BCUT2D eigenvalue weighted by Crippen LogP contribution is 2.21. The Hall–Kier alpha value is -1.96. The molecule has 1 heterocycles. The molecule has 1 rings (SSSR count). The van der Waals surface area contributed by atoms with Crippen molar-refractivity contribution in [2.24, 2.45) is 5.41 Å². The molecule has 8 nitrogen and oxygen atoms in total. The van der Waals surface area contributed by atoms with E-state index in [1.807, 2.05) is 13.8 Å². The maximum absolute atomic E-state index is 11.9. The van der Waals surface area contributed by atoms with E-state index in [4.69, 9.17) is 0 Å². The molecule has 0 saturated carbocycles. The summed E-state index contributed by atoms with van der Waals surface area (Å²) in [4.78, 5) is 25.8. The van der Waals surface area contributed by atoms with E-state index in [9.17, 15) is 20.0 Å². The highest BCUT2D eigenvalue weighted by Gasteiger charge is 2.21. The average Bonchev–Trinajstić information content (AvgIpc) is 2.74. The molecule has 1 amide bonds. The van der Waals surface area contributed by atoms with Crippen molar-refractivity contribution in [1.82, 2.24) is 14.9 Å². The second-order valence-corrected chi connectivity index (χ2v) is 6.34. The summed E-state index contributed by atoms with van der Waals surface area (Å²) in [5, 5.41) is 22.9. The van der Waals surface area contributed by atoms with Gasteiger partial charge in [-0.3, -0.25) is 4.79 Å². The first kappa shape index (κ1) is 18.1. The molecule has 0 aliphatic heterocycles. The van der Waals surface area contributed by atoms with E-state index < -0.39 is 11.0 Å². The summed E-state index contributed by atoms with van der Waals surface area (Å²) in [6.07, 6.45) is 1.74. The summed E-state index contributed by atoms with van der Waals surface area (Å²) in [5.74, 6) is 0.166. The van der Waals surface area contributed by atoms with E-state index in [1.54, 1.807) is 18.4 Å². The van der Waals surface area contributed by atoms with Crippen molar-refractivity contribution in [3.8, 4) is 0 Å². The minimum atomic E-state index is -0.553. The van der Waals surface area contributed by atoms with Gasteiger partial charge in [-0.1, -0.05) is 13.8 Å². The monoisotopic (exact) mass is 312 g/mol. The number of carbonyl (C=O) groups excluding carboxylic acids is 1. The number of amides is 1. The lowest BCUT2D eigenvalue weighted by molar-refractivity contribution is -0.389. The van der Waals surface area contributed by atoms with Gasteiger partial charge in [0.2, 0.25) is 11.7 Å². The summed E-state index contributed by atoms with van der Waals surface area (Å²) in [6, 6.07) is 0. The summed E-state index contributed by atoms with van der Waals surface area (Å²) in [7, 11) is 0. The van der Waals surface area contributed by atoms with Gasteiger partial charge in [-0.2, -0.15) is 0 Å². The van der Waals surface area contributed by atoms with Gasteiger partial charge in [0, 0.05) is 26.4 Å². The zero-order valence-corrected chi connectivity index (χ0v) is 13.5. The first-order valence-electron chi connectivity index (χ1n) is 7.23. The zero-order valence-electron chi connectivity index (χ0n) is 13.5. The van der Waals surface area contributed by atoms with Crippen molar-refractivity contribution in [2.75, 3.05) is 6.54 Å². The van der Waals surface area contributed by atoms with E-state index >= 15 is 0 Å². The molecule has 22 heavy (non-hydrogen) atoms. The highest BCUT2D eigenvalue weighted by atomic mass is 16.6. The van der Waals surface area contributed by atoms with Crippen LogP contribution in [-0.4, -0.2) is 38.1 Å². The number of nitrogens with one attached hydrogen (secondary N) is 1. The Morgan fingerprint density at radius 1 is 1.59 bits per heavy atom. The van der Waals surface area contributed by atoms with E-state index in [0.717, 1.165) is 0 Å². The van der Waals surface area contributed by atoms with Gasteiger partial charge in [0.25, 0.3) is 0 Å². The van der Waals surface area contributed by atoms with Crippen LogP contribution in [0.2, 0.25) is 0 Å². The van der Waals surface area contributed by atoms with Crippen LogP contribution in [-0.2, 0) is 11.3 Å². The number of rotatable bonds is 8. The van der Waals surface area contributed by atoms with Crippen LogP contribution in [0.5, 0.6) is 0 Å². The van der Waals surface area contributed by atoms with E-state index in [-0.39, 0.29) is 23.6 Å². The van der Waals surface area contributed by atoms with E-state index in [0.29, 0.717) is 25.3 Å². The minimum Gasteiger partial charge on any atom is -0.393 e. The predicted molar refractivity (Wildman–Crippen MR) is 81.3 cm³/mol. The fourth-order valence-electron chi connectivity index (χ4n) is 2.33. The van der Waals surface area contributed by atoms with Crippen LogP contribution < -0.4 is 5.32 Å². The maximum Gasteiger partial charge on any atom is 0.381 e. The lowest BCUT2D eigenvalue weighted by Gasteiger charge is -2.26. The molecule has 0 radical (unpaired) electrons. The normalized spacial score (nSPS) is 13.0. The molecular formula is C14H24N4O4. The SMILES string of the molecule is Cc1nc([N+](=O)[O-])cn1CCC(=O)NCC(C)(C)CC(C)O. The molecule has 0 spiro atoms. The number of carbonyl (C=O) groups is 1. The van der Waals surface area contributed by atoms with Crippen LogP contribution in [0.15, 0.2) is 6.20 Å². The fourth-order valence-corrected chi connectivity index (χ4v) is 2.33. The molecule has 1 atom stereocenters. The second-order valence-electron chi connectivity index (χ2n) is 6.34. The summed E-state index contributed by atoms with van der Waals surface area (Å²) in [6.45, 7) is 8.15. The summed E-state index contributed by atoms with van der Waals surface area (Å²) < 4.78 is 1.60. The average molecular weight is 312 g/mol. The highest BCUT2D eigenvalue weighted by molar-refractivity contribution is 5.75. The van der Waals surface area contributed by atoms with Crippen LogP contribution in [0.3, 0.4) is 0 Å². The number of nitrogens with zero attached hydrogens (tertiary/aromatic N) is 3. The molecule has 1 aromatic rings. The van der Waals surface area contributed by atoms with Gasteiger partial charge in [0.05, 0.1) is 6.10 Å². The Labute approximate surface area is 129 Å². The number of aliphatic hydroxyl groups is 1. The van der Waals surface area contributed by atoms with E-state index in [1.165, 1.54) is 6.20 Å². The van der Waals surface area contributed by atoms with Crippen LogP contribution >= 0.6 is 0 Å². The Bertz CT molecular complexity index is 537. The van der Waals surface area contributed by atoms with Crippen LogP contribution in [0.4, 0.5) is 5.82 Å². The Morgan fingerprint density at radius 2 is 2.23 bits per heavy atom. The molecule has 1 unspecified atom stereocenters. The summed E-state index contributed by atoms with van der Waals surface area (Å²) in [5.41, 5.74) is -0.187. The first-order chi connectivity index (χ1) is 10.1. The minimum absolute atomic E-state index is 0.130. The van der Waals surface area contributed by atoms with Crippen molar-refractivity contribution in [1.29, 1.82) is 0 Å². The standard InChI is InChI=1S/C14H24N4O4/c1-10(19)7-14(3,4)9-15-13(20)5-6-17-8-12(18(21)22)16-11(17)2/h8,10,19H,5-7,9H2,1-4H3,(H,15,20). The third-order valence-corrected chi connectivity index (χ3v) is 3.34. The van der Waals surface area contributed by atoms with Crippen LogP contribution in [0.1, 0.15) is 39.4 Å². The Kier molecular flexibility index (Phi) is 6.04. The van der Waals surface area contributed by atoms with Gasteiger partial charge in [-0.15, -0.1) is 0 Å². The molecule has 0 saturated heterocycles. The first-order valence-corrected chi connectivity index (χ1v) is 7.23. The van der Waals surface area contributed by atoms with Crippen molar-refractivity contribution < 1.29 is 14.8 Å². The molecule has 124 valence electrons. The van der Waals surface area contributed by atoms with Gasteiger partial charge in [-0.25, -0.2) is 0 Å². The van der Waals surface area contributed by atoms with Crippen molar-refractivity contribution in [3.63, 3.8) is 0 Å². The van der Waals surface area contributed by atoms with Crippen LogP contribution in [0, 0.1) is 22.5 Å². The fraction of sp³-hybridized carbons (Fsp3) is 0.714. The molecule has 2 N–H and O–H groups in total. The maximum atomic E-state index is 11.9. The zero-order chi connectivity index (χ0) is 16.9. The molecule has 0 aromatic carbocycles.